The summed E-state index contributed by atoms with van der Waals surface area (Å²) in [6.07, 6.45) is 1.80. The van der Waals surface area contributed by atoms with Crippen LogP contribution in [0.5, 0.6) is 0 Å². The van der Waals surface area contributed by atoms with E-state index >= 15 is 0 Å². The summed E-state index contributed by atoms with van der Waals surface area (Å²) in [5.41, 5.74) is 12.4. The lowest BCUT2D eigenvalue weighted by Gasteiger charge is -2.14. The smallest absolute Gasteiger partial charge is 0.326 e. The van der Waals surface area contributed by atoms with Gasteiger partial charge in [0.1, 0.15) is 12.3 Å². The van der Waals surface area contributed by atoms with Gasteiger partial charge < -0.3 is 26.3 Å². The first-order valence-corrected chi connectivity index (χ1v) is 10.1. The molecule has 0 bridgehead atoms. The number of nitrogens with two attached hydrogens (primary N) is 2. The van der Waals surface area contributed by atoms with Gasteiger partial charge in [-0.1, -0.05) is 60.7 Å². The second-order valence-electron chi connectivity index (χ2n) is 7.14. The van der Waals surface area contributed by atoms with E-state index in [0.717, 1.165) is 11.1 Å². The molecular weight excluding hydrogens is 410 g/mol. The first-order chi connectivity index (χ1) is 15.5. The van der Waals surface area contributed by atoms with E-state index < -0.39 is 17.9 Å². The maximum absolute atomic E-state index is 12.6. The number of guanidine groups is 1. The largest absolute Gasteiger partial charge is 0.480 e. The van der Waals surface area contributed by atoms with Crippen LogP contribution in [0, 0.1) is 0 Å². The number of hydrogen-bond donors (Lipinski definition) is 4. The van der Waals surface area contributed by atoms with E-state index in [1.54, 1.807) is 0 Å². The topological polar surface area (TPSA) is 157 Å². The van der Waals surface area contributed by atoms with Crippen LogP contribution >= 0.6 is 0 Å². The van der Waals surface area contributed by atoms with Crippen molar-refractivity contribution in [2.24, 2.45) is 16.5 Å². The summed E-state index contributed by atoms with van der Waals surface area (Å²) in [4.78, 5) is 32.4. The first-order valence-electron chi connectivity index (χ1n) is 10.1. The lowest BCUT2D eigenvalue weighted by molar-refractivity contribution is -0.139. The Balaban J connectivity index is 1.77. The van der Waals surface area contributed by atoms with Gasteiger partial charge in [-0.25, -0.2) is 9.78 Å². The maximum Gasteiger partial charge on any atom is 0.326 e. The molecule has 0 saturated heterocycles. The van der Waals surface area contributed by atoms with Crippen molar-refractivity contribution < 1.29 is 19.1 Å². The van der Waals surface area contributed by atoms with Crippen molar-refractivity contribution in [1.29, 1.82) is 0 Å². The second-order valence-corrected chi connectivity index (χ2v) is 7.14. The molecule has 166 valence electrons. The molecule has 1 heterocycles. The predicted octanol–water partition coefficient (Wildman–Crippen LogP) is 2.09. The summed E-state index contributed by atoms with van der Waals surface area (Å²) in [5, 5.41) is 11.9. The second kappa shape index (κ2) is 10.8. The van der Waals surface area contributed by atoms with Crippen LogP contribution in [0.1, 0.15) is 46.3 Å². The van der Waals surface area contributed by atoms with Crippen molar-refractivity contribution in [3.05, 3.63) is 89.6 Å². The van der Waals surface area contributed by atoms with Crippen molar-refractivity contribution >= 4 is 17.8 Å². The average molecular weight is 435 g/mol. The number of carbonyl (C=O) groups is 2. The summed E-state index contributed by atoms with van der Waals surface area (Å²) in [5.74, 6) is -1.82. The van der Waals surface area contributed by atoms with Gasteiger partial charge in [0.2, 0.25) is 5.89 Å². The molecule has 0 aliphatic rings. The van der Waals surface area contributed by atoms with Crippen LogP contribution in [0.2, 0.25) is 0 Å². The molecule has 0 aliphatic heterocycles. The molecular formula is C23H25N5O4. The highest BCUT2D eigenvalue weighted by atomic mass is 16.4. The molecule has 0 fully saturated rings. The van der Waals surface area contributed by atoms with Crippen LogP contribution in [-0.4, -0.2) is 40.5 Å². The van der Waals surface area contributed by atoms with E-state index in [-0.39, 0.29) is 30.5 Å². The molecule has 0 radical (unpaired) electrons. The molecule has 0 saturated carbocycles. The van der Waals surface area contributed by atoms with Crippen LogP contribution < -0.4 is 16.8 Å². The molecule has 2 aromatic carbocycles. The number of nitrogens with zero attached hydrogens (tertiary/aromatic N) is 2. The Morgan fingerprint density at radius 1 is 1.03 bits per heavy atom. The standard InChI is InChI=1S/C23H25N5O4/c24-23(25)26-13-7-12-17(22(30)31)27-20(29)18-14-32-21(28-18)19(15-8-3-1-4-9-15)16-10-5-2-6-11-16/h1-6,8-11,14,17,19H,7,12-13H2,(H,27,29)(H,30,31)(H4,24,25,26)/t17-/m0/s1. The first kappa shape index (κ1) is 22.5. The zero-order chi connectivity index (χ0) is 22.9. The van der Waals surface area contributed by atoms with Crippen LogP contribution in [0.15, 0.2) is 76.3 Å². The Labute approximate surface area is 185 Å². The third kappa shape index (κ3) is 5.94. The maximum atomic E-state index is 12.6. The van der Waals surface area contributed by atoms with Gasteiger partial charge in [-0.2, -0.15) is 0 Å². The number of carboxylic acid groups (broad SMARTS) is 1. The number of oxazole rings is 1. The molecule has 9 nitrogen and oxygen atoms in total. The number of rotatable bonds is 10. The van der Waals surface area contributed by atoms with Gasteiger partial charge in [-0.3, -0.25) is 9.79 Å². The third-order valence-electron chi connectivity index (χ3n) is 4.82. The Bertz CT molecular complexity index is 1020. The van der Waals surface area contributed by atoms with Crippen molar-refractivity contribution in [1.82, 2.24) is 10.3 Å². The molecule has 1 atom stereocenters. The molecule has 1 amide bonds. The minimum Gasteiger partial charge on any atom is -0.480 e. The summed E-state index contributed by atoms with van der Waals surface area (Å²) in [6.45, 7) is 0.270. The molecule has 32 heavy (non-hydrogen) atoms. The van der Waals surface area contributed by atoms with E-state index in [0.29, 0.717) is 12.3 Å². The fraction of sp³-hybridized carbons (Fsp3) is 0.217. The SMILES string of the molecule is NC(N)=NCCC[C@H](NC(=O)c1coc(C(c2ccccc2)c2ccccc2)n1)C(=O)O. The van der Waals surface area contributed by atoms with Crippen LogP contribution in [0.25, 0.3) is 0 Å². The van der Waals surface area contributed by atoms with E-state index in [2.05, 4.69) is 15.3 Å². The molecule has 0 spiro atoms. The molecule has 0 aliphatic carbocycles. The van der Waals surface area contributed by atoms with Crippen LogP contribution in [-0.2, 0) is 4.79 Å². The molecule has 0 unspecified atom stereocenters. The highest BCUT2D eigenvalue weighted by Crippen LogP contribution is 2.31. The van der Waals surface area contributed by atoms with Gasteiger partial charge in [-0.15, -0.1) is 0 Å². The number of carbonyl (C=O) groups excluding carboxylic acids is 1. The minimum atomic E-state index is -1.15. The van der Waals surface area contributed by atoms with E-state index in [4.69, 9.17) is 15.9 Å². The molecule has 3 aromatic rings. The summed E-state index contributed by atoms with van der Waals surface area (Å²) in [7, 11) is 0. The number of hydrogen-bond acceptors (Lipinski definition) is 5. The molecule has 9 heteroatoms. The van der Waals surface area contributed by atoms with Gasteiger partial charge in [0, 0.05) is 6.54 Å². The quantitative estimate of drug-likeness (QED) is 0.216. The Hall–Kier alpha value is -4.14. The number of carboxylic acids is 1. The van der Waals surface area contributed by atoms with Gasteiger partial charge in [0.15, 0.2) is 11.7 Å². The molecule has 1 aromatic heterocycles. The number of benzene rings is 2. The van der Waals surface area contributed by atoms with Crippen molar-refractivity contribution in [3.63, 3.8) is 0 Å². The number of aliphatic imine (C=N–C) groups is 1. The van der Waals surface area contributed by atoms with E-state index in [1.165, 1.54) is 6.26 Å². The Morgan fingerprint density at radius 3 is 2.16 bits per heavy atom. The third-order valence-corrected chi connectivity index (χ3v) is 4.82. The fourth-order valence-corrected chi connectivity index (χ4v) is 3.29. The Kier molecular flexibility index (Phi) is 7.58. The van der Waals surface area contributed by atoms with E-state index in [9.17, 15) is 14.7 Å². The van der Waals surface area contributed by atoms with Gasteiger partial charge in [-0.05, 0) is 24.0 Å². The summed E-state index contributed by atoms with van der Waals surface area (Å²) >= 11 is 0. The van der Waals surface area contributed by atoms with Gasteiger partial charge in [0.25, 0.3) is 5.91 Å². The monoisotopic (exact) mass is 435 g/mol. The van der Waals surface area contributed by atoms with Gasteiger partial charge in [0.05, 0.1) is 5.92 Å². The molecule has 6 N–H and O–H groups in total. The number of amides is 1. The van der Waals surface area contributed by atoms with Crippen LogP contribution in [0.4, 0.5) is 0 Å². The fourth-order valence-electron chi connectivity index (χ4n) is 3.29. The number of aliphatic carboxylic acids is 1. The van der Waals surface area contributed by atoms with Crippen molar-refractivity contribution in [3.8, 4) is 0 Å². The highest BCUT2D eigenvalue weighted by Gasteiger charge is 2.26. The highest BCUT2D eigenvalue weighted by molar-refractivity contribution is 5.94. The predicted molar refractivity (Wildman–Crippen MR) is 119 cm³/mol. The average Bonchev–Trinajstić information content (AvgIpc) is 3.27. The number of nitrogens with one attached hydrogen (secondary N) is 1. The lowest BCUT2D eigenvalue weighted by Crippen LogP contribution is -2.41. The van der Waals surface area contributed by atoms with Crippen molar-refractivity contribution in [2.75, 3.05) is 6.54 Å². The van der Waals surface area contributed by atoms with Crippen molar-refractivity contribution in [2.45, 2.75) is 24.8 Å². The zero-order valence-corrected chi connectivity index (χ0v) is 17.3. The Morgan fingerprint density at radius 2 is 1.62 bits per heavy atom. The lowest BCUT2D eigenvalue weighted by atomic mass is 9.91. The number of aromatic nitrogens is 1. The zero-order valence-electron chi connectivity index (χ0n) is 17.3. The van der Waals surface area contributed by atoms with Crippen LogP contribution in [0.3, 0.4) is 0 Å². The van der Waals surface area contributed by atoms with E-state index in [1.807, 2.05) is 60.7 Å². The normalized spacial score (nSPS) is 11.7. The summed E-state index contributed by atoms with van der Waals surface area (Å²) in [6, 6.07) is 18.2. The van der Waals surface area contributed by atoms with Gasteiger partial charge >= 0.3 is 5.97 Å². The minimum absolute atomic E-state index is 0.00679. The summed E-state index contributed by atoms with van der Waals surface area (Å²) < 4.78 is 5.66. The molecule has 3 rings (SSSR count).